The number of nitrogens with one attached hydrogen (secondary N) is 1. The minimum atomic E-state index is -0.495. The van der Waals surface area contributed by atoms with Crippen LogP contribution in [0.15, 0.2) is 24.3 Å². The number of benzene rings is 1. The third-order valence-electron chi connectivity index (χ3n) is 3.83. The molecule has 1 rings (SSSR count). The maximum atomic E-state index is 12.5. The number of nitrogens with zero attached hydrogens (tertiary/aromatic N) is 1. The molecule has 1 aromatic rings. The molecule has 0 heterocycles. The summed E-state index contributed by atoms with van der Waals surface area (Å²) in [7, 11) is 1.62. The summed E-state index contributed by atoms with van der Waals surface area (Å²) < 4.78 is 5.16. The molecule has 24 heavy (non-hydrogen) atoms. The van der Waals surface area contributed by atoms with Gasteiger partial charge < -0.3 is 15.0 Å². The van der Waals surface area contributed by atoms with Gasteiger partial charge in [-0.1, -0.05) is 32.9 Å². The highest BCUT2D eigenvalue weighted by atomic mass is 16.5. The monoisotopic (exact) mass is 334 g/mol. The van der Waals surface area contributed by atoms with Gasteiger partial charge >= 0.3 is 0 Å². The van der Waals surface area contributed by atoms with E-state index in [1.54, 1.807) is 18.9 Å². The standard InChI is InChI=1S/C19H30N2O3/c1-6-7-18(22)21(15(4)19(23)20-12-14(2)3)13-16-8-10-17(24-5)11-9-16/h8-11,14-15H,6-7,12-13H2,1-5H3,(H,20,23). The van der Waals surface area contributed by atoms with Crippen LogP contribution in [0.2, 0.25) is 0 Å². The van der Waals surface area contributed by atoms with Gasteiger partial charge in [0.1, 0.15) is 11.8 Å². The molecule has 1 N–H and O–H groups in total. The van der Waals surface area contributed by atoms with Gasteiger partial charge in [-0.25, -0.2) is 0 Å². The van der Waals surface area contributed by atoms with E-state index < -0.39 is 6.04 Å². The fourth-order valence-corrected chi connectivity index (χ4v) is 2.32. The van der Waals surface area contributed by atoms with Gasteiger partial charge in [-0.15, -0.1) is 0 Å². The summed E-state index contributed by atoms with van der Waals surface area (Å²) in [5, 5.41) is 2.91. The molecule has 1 unspecified atom stereocenters. The molecule has 0 radical (unpaired) electrons. The van der Waals surface area contributed by atoms with Crippen molar-refractivity contribution in [3.8, 4) is 5.75 Å². The fraction of sp³-hybridized carbons (Fsp3) is 0.579. The number of methoxy groups -OCH3 is 1. The van der Waals surface area contributed by atoms with Crippen LogP contribution < -0.4 is 10.1 Å². The van der Waals surface area contributed by atoms with E-state index in [9.17, 15) is 9.59 Å². The zero-order valence-corrected chi connectivity index (χ0v) is 15.5. The molecule has 0 aliphatic heterocycles. The summed E-state index contributed by atoms with van der Waals surface area (Å²) in [6.07, 6.45) is 1.20. The molecular weight excluding hydrogens is 304 g/mol. The summed E-state index contributed by atoms with van der Waals surface area (Å²) in [4.78, 5) is 26.5. The maximum Gasteiger partial charge on any atom is 0.242 e. The Hall–Kier alpha value is -2.04. The van der Waals surface area contributed by atoms with Crippen molar-refractivity contribution in [2.24, 2.45) is 5.92 Å². The van der Waals surface area contributed by atoms with Gasteiger partial charge in [0.15, 0.2) is 0 Å². The minimum absolute atomic E-state index is 0.000477. The van der Waals surface area contributed by atoms with Gasteiger partial charge in [0, 0.05) is 19.5 Å². The normalized spacial score (nSPS) is 11.9. The Bertz CT molecular complexity index is 526. The van der Waals surface area contributed by atoms with Crippen LogP contribution in [0.25, 0.3) is 0 Å². The Balaban J connectivity index is 2.85. The summed E-state index contributed by atoms with van der Waals surface area (Å²) in [5.41, 5.74) is 0.976. The van der Waals surface area contributed by atoms with Gasteiger partial charge in [0.2, 0.25) is 11.8 Å². The van der Waals surface area contributed by atoms with Gasteiger partial charge in [0.25, 0.3) is 0 Å². The number of ether oxygens (including phenoxy) is 1. The quantitative estimate of drug-likeness (QED) is 0.755. The number of hydrogen-bond donors (Lipinski definition) is 1. The highest BCUT2D eigenvalue weighted by Crippen LogP contribution is 2.16. The lowest BCUT2D eigenvalue weighted by atomic mass is 10.1. The molecule has 2 amide bonds. The predicted molar refractivity (Wildman–Crippen MR) is 95.8 cm³/mol. The largest absolute Gasteiger partial charge is 0.497 e. The number of rotatable bonds is 9. The van der Waals surface area contributed by atoms with Crippen molar-refractivity contribution >= 4 is 11.8 Å². The van der Waals surface area contributed by atoms with Crippen LogP contribution in [0.5, 0.6) is 5.75 Å². The van der Waals surface area contributed by atoms with E-state index in [0.717, 1.165) is 17.7 Å². The molecule has 0 aliphatic carbocycles. The van der Waals surface area contributed by atoms with E-state index in [2.05, 4.69) is 5.32 Å². The lowest BCUT2D eigenvalue weighted by Crippen LogP contribution is -2.48. The van der Waals surface area contributed by atoms with Crippen LogP contribution >= 0.6 is 0 Å². The molecular formula is C19H30N2O3. The van der Waals surface area contributed by atoms with Gasteiger partial charge in [0.05, 0.1) is 7.11 Å². The molecule has 1 aromatic carbocycles. The molecule has 0 bridgehead atoms. The van der Waals surface area contributed by atoms with Crippen molar-refractivity contribution in [2.75, 3.05) is 13.7 Å². The highest BCUT2D eigenvalue weighted by molar-refractivity contribution is 5.87. The Labute approximate surface area is 145 Å². The summed E-state index contributed by atoms with van der Waals surface area (Å²) >= 11 is 0. The van der Waals surface area contributed by atoms with Crippen molar-refractivity contribution in [1.82, 2.24) is 10.2 Å². The van der Waals surface area contributed by atoms with Crippen molar-refractivity contribution in [3.05, 3.63) is 29.8 Å². The van der Waals surface area contributed by atoms with E-state index in [0.29, 0.717) is 25.4 Å². The second kappa shape index (κ2) is 9.96. The van der Waals surface area contributed by atoms with Gasteiger partial charge in [-0.05, 0) is 37.0 Å². The summed E-state index contributed by atoms with van der Waals surface area (Å²) in [6, 6.07) is 7.07. The molecule has 0 spiro atoms. The third-order valence-corrected chi connectivity index (χ3v) is 3.83. The second-order valence-electron chi connectivity index (χ2n) is 6.43. The van der Waals surface area contributed by atoms with E-state index in [-0.39, 0.29) is 11.8 Å². The molecule has 0 saturated carbocycles. The molecule has 5 nitrogen and oxygen atoms in total. The third kappa shape index (κ3) is 6.22. The molecule has 0 saturated heterocycles. The smallest absolute Gasteiger partial charge is 0.242 e. The summed E-state index contributed by atoms with van der Waals surface area (Å²) in [5.74, 6) is 1.04. The van der Waals surface area contributed by atoms with Crippen LogP contribution in [-0.4, -0.2) is 36.4 Å². The van der Waals surface area contributed by atoms with Gasteiger partial charge in [-0.2, -0.15) is 0 Å². The molecule has 134 valence electrons. The van der Waals surface area contributed by atoms with Crippen LogP contribution in [0.1, 0.15) is 46.1 Å². The van der Waals surface area contributed by atoms with Crippen LogP contribution in [-0.2, 0) is 16.1 Å². The summed E-state index contributed by atoms with van der Waals surface area (Å²) in [6.45, 7) is 8.87. The molecule has 0 fully saturated rings. The average Bonchev–Trinajstić information content (AvgIpc) is 2.57. The first kappa shape index (κ1) is 20.0. The Morgan fingerprint density at radius 1 is 1.17 bits per heavy atom. The van der Waals surface area contributed by atoms with E-state index in [1.165, 1.54) is 0 Å². The Morgan fingerprint density at radius 3 is 2.29 bits per heavy atom. The number of carbonyl (C=O) groups excluding carboxylic acids is 2. The minimum Gasteiger partial charge on any atom is -0.497 e. The number of amides is 2. The zero-order valence-electron chi connectivity index (χ0n) is 15.5. The molecule has 1 atom stereocenters. The van der Waals surface area contributed by atoms with Gasteiger partial charge in [-0.3, -0.25) is 9.59 Å². The topological polar surface area (TPSA) is 58.6 Å². The zero-order chi connectivity index (χ0) is 18.1. The van der Waals surface area contributed by atoms with E-state index in [1.807, 2.05) is 45.0 Å². The lowest BCUT2D eigenvalue weighted by Gasteiger charge is -2.29. The first-order valence-electron chi connectivity index (χ1n) is 8.59. The molecule has 0 aromatic heterocycles. The lowest BCUT2D eigenvalue weighted by molar-refractivity contribution is -0.140. The van der Waals surface area contributed by atoms with E-state index in [4.69, 9.17) is 4.74 Å². The first-order chi connectivity index (χ1) is 11.4. The second-order valence-corrected chi connectivity index (χ2v) is 6.43. The van der Waals surface area contributed by atoms with Crippen molar-refractivity contribution in [1.29, 1.82) is 0 Å². The average molecular weight is 334 g/mol. The van der Waals surface area contributed by atoms with Crippen molar-refractivity contribution in [2.45, 2.75) is 53.1 Å². The highest BCUT2D eigenvalue weighted by Gasteiger charge is 2.25. The molecule has 5 heteroatoms. The van der Waals surface area contributed by atoms with Crippen LogP contribution in [0, 0.1) is 5.92 Å². The van der Waals surface area contributed by atoms with E-state index >= 15 is 0 Å². The van der Waals surface area contributed by atoms with Crippen LogP contribution in [0.4, 0.5) is 0 Å². The fourth-order valence-electron chi connectivity index (χ4n) is 2.32. The molecule has 0 aliphatic rings. The number of hydrogen-bond acceptors (Lipinski definition) is 3. The SMILES string of the molecule is CCCC(=O)N(Cc1ccc(OC)cc1)C(C)C(=O)NCC(C)C. The first-order valence-corrected chi connectivity index (χ1v) is 8.59. The van der Waals surface area contributed by atoms with Crippen LogP contribution in [0.3, 0.4) is 0 Å². The maximum absolute atomic E-state index is 12.5. The Kier molecular flexibility index (Phi) is 8.30. The number of carbonyl (C=O) groups is 2. The van der Waals surface area contributed by atoms with Crippen molar-refractivity contribution in [3.63, 3.8) is 0 Å². The Morgan fingerprint density at radius 2 is 1.79 bits per heavy atom. The predicted octanol–water partition coefficient (Wildman–Crippen LogP) is 2.98. The van der Waals surface area contributed by atoms with Crippen molar-refractivity contribution < 1.29 is 14.3 Å².